The lowest BCUT2D eigenvalue weighted by Gasteiger charge is -2.11. The Morgan fingerprint density at radius 3 is 2.48 bits per heavy atom. The second-order valence-corrected chi connectivity index (χ2v) is 6.98. The smallest absolute Gasteiger partial charge is 0.264 e. The summed E-state index contributed by atoms with van der Waals surface area (Å²) in [7, 11) is -4.17. The van der Waals surface area contributed by atoms with Gasteiger partial charge in [0.05, 0.1) is 11.2 Å². The largest absolute Gasteiger partial charge is 0.359 e. The summed E-state index contributed by atoms with van der Waals surface area (Å²) in [5.74, 6) is -1.97. The van der Waals surface area contributed by atoms with Gasteiger partial charge in [-0.1, -0.05) is 6.07 Å². The summed E-state index contributed by atoms with van der Waals surface area (Å²) in [5, 5.41) is 0.907. The number of hydrogen-bond acceptors (Lipinski definition) is 2. The number of benzene rings is 2. The molecular weight excluding hydrogens is 322 g/mol. The average molecular weight is 336 g/mol. The van der Waals surface area contributed by atoms with Crippen LogP contribution in [0.1, 0.15) is 11.1 Å². The van der Waals surface area contributed by atoms with Crippen molar-refractivity contribution in [2.45, 2.75) is 18.7 Å². The van der Waals surface area contributed by atoms with Crippen LogP contribution in [-0.4, -0.2) is 13.4 Å². The van der Waals surface area contributed by atoms with E-state index in [-0.39, 0.29) is 0 Å². The van der Waals surface area contributed by atoms with Crippen molar-refractivity contribution in [3.05, 3.63) is 59.3 Å². The van der Waals surface area contributed by atoms with Crippen molar-refractivity contribution in [3.8, 4) is 0 Å². The van der Waals surface area contributed by atoms with E-state index >= 15 is 0 Å². The average Bonchev–Trinajstić information content (AvgIpc) is 2.84. The predicted molar refractivity (Wildman–Crippen MR) is 84.9 cm³/mol. The van der Waals surface area contributed by atoms with Crippen LogP contribution in [0, 0.1) is 25.5 Å². The molecule has 1 heterocycles. The molecule has 0 aliphatic rings. The molecule has 0 bridgehead atoms. The van der Waals surface area contributed by atoms with Crippen molar-refractivity contribution in [2.24, 2.45) is 0 Å². The third kappa shape index (κ3) is 2.68. The van der Waals surface area contributed by atoms with E-state index in [4.69, 9.17) is 0 Å². The van der Waals surface area contributed by atoms with Gasteiger partial charge >= 0.3 is 0 Å². The summed E-state index contributed by atoms with van der Waals surface area (Å²) in [5.41, 5.74) is 2.90. The highest BCUT2D eigenvalue weighted by Gasteiger charge is 2.21. The molecular formula is C16H14F2N2O2S. The summed E-state index contributed by atoms with van der Waals surface area (Å²) in [6, 6.07) is 5.73. The molecule has 0 aliphatic carbocycles. The van der Waals surface area contributed by atoms with Gasteiger partial charge in [-0.2, -0.15) is 0 Å². The first-order valence-electron chi connectivity index (χ1n) is 6.85. The molecule has 7 heteroatoms. The zero-order valence-electron chi connectivity index (χ0n) is 12.4. The van der Waals surface area contributed by atoms with Crippen LogP contribution in [-0.2, 0) is 10.0 Å². The molecule has 4 nitrogen and oxygen atoms in total. The van der Waals surface area contributed by atoms with Gasteiger partial charge in [-0.15, -0.1) is 0 Å². The molecule has 120 valence electrons. The van der Waals surface area contributed by atoms with Crippen LogP contribution >= 0.6 is 0 Å². The Labute approximate surface area is 132 Å². The molecule has 0 radical (unpaired) electrons. The zero-order valence-corrected chi connectivity index (χ0v) is 13.3. The van der Waals surface area contributed by atoms with Crippen molar-refractivity contribution < 1.29 is 17.2 Å². The van der Waals surface area contributed by atoms with Gasteiger partial charge in [0, 0.05) is 17.6 Å². The number of nitrogens with one attached hydrogen (secondary N) is 2. The second-order valence-electron chi connectivity index (χ2n) is 5.33. The zero-order chi connectivity index (χ0) is 16.8. The van der Waals surface area contributed by atoms with Crippen LogP contribution in [0.2, 0.25) is 0 Å². The van der Waals surface area contributed by atoms with Gasteiger partial charge in [0.1, 0.15) is 16.5 Å². The van der Waals surface area contributed by atoms with E-state index in [1.54, 1.807) is 18.3 Å². The number of aromatic amines is 1. The highest BCUT2D eigenvalue weighted by molar-refractivity contribution is 7.92. The molecule has 0 unspecified atom stereocenters. The number of sulfonamides is 1. The van der Waals surface area contributed by atoms with E-state index in [0.29, 0.717) is 17.3 Å². The number of H-pyrrole nitrogens is 1. The summed E-state index contributed by atoms with van der Waals surface area (Å²) in [6.45, 7) is 3.82. The normalized spacial score (nSPS) is 11.8. The lowest BCUT2D eigenvalue weighted by atomic mass is 10.1. The van der Waals surface area contributed by atoms with Crippen LogP contribution in [0.15, 0.2) is 41.4 Å². The molecule has 0 fully saturated rings. The number of hydrogen-bond donors (Lipinski definition) is 2. The first kappa shape index (κ1) is 15.5. The van der Waals surface area contributed by atoms with Gasteiger partial charge in [0.2, 0.25) is 0 Å². The third-order valence-electron chi connectivity index (χ3n) is 3.67. The minimum atomic E-state index is -4.17. The second kappa shape index (κ2) is 5.34. The number of aryl methyl sites for hydroxylation is 2. The number of anilines is 1. The van der Waals surface area contributed by atoms with E-state index in [2.05, 4.69) is 9.71 Å². The van der Waals surface area contributed by atoms with E-state index in [1.807, 2.05) is 13.8 Å². The van der Waals surface area contributed by atoms with Gasteiger partial charge in [0.15, 0.2) is 0 Å². The molecule has 0 saturated heterocycles. The van der Waals surface area contributed by atoms with Gasteiger partial charge in [-0.3, -0.25) is 4.72 Å². The molecule has 0 atom stereocenters. The maximum absolute atomic E-state index is 13.8. The summed E-state index contributed by atoms with van der Waals surface area (Å²) >= 11 is 0. The van der Waals surface area contributed by atoms with E-state index in [1.165, 1.54) is 0 Å². The molecule has 0 amide bonds. The summed E-state index contributed by atoms with van der Waals surface area (Å²) in [4.78, 5) is 2.41. The summed E-state index contributed by atoms with van der Waals surface area (Å²) in [6.07, 6.45) is 1.77. The molecule has 3 aromatic rings. The number of halogens is 2. The molecule has 2 N–H and O–H groups in total. The first-order chi connectivity index (χ1) is 10.8. The Balaban J connectivity index is 2.10. The van der Waals surface area contributed by atoms with Gasteiger partial charge in [-0.05, 0) is 43.2 Å². The first-order valence-corrected chi connectivity index (χ1v) is 8.33. The molecule has 0 spiro atoms. The van der Waals surface area contributed by atoms with Crippen molar-refractivity contribution in [1.82, 2.24) is 4.98 Å². The lowest BCUT2D eigenvalue weighted by Crippen LogP contribution is -2.15. The standard InChI is InChI=1S/C16H14F2N2O2S/c1-9-3-5-13(16-15(9)10(2)8-19-16)20-23(21,22)14-6-4-11(17)7-12(14)18/h3-8,19-20H,1-2H3. The minimum absolute atomic E-state index is 0.308. The topological polar surface area (TPSA) is 62.0 Å². The fourth-order valence-corrected chi connectivity index (χ4v) is 3.73. The van der Waals surface area contributed by atoms with Crippen LogP contribution in [0.5, 0.6) is 0 Å². The highest BCUT2D eigenvalue weighted by Crippen LogP contribution is 2.30. The van der Waals surface area contributed by atoms with Crippen LogP contribution in [0.3, 0.4) is 0 Å². The Morgan fingerprint density at radius 2 is 1.78 bits per heavy atom. The van der Waals surface area contributed by atoms with Gasteiger partial charge in [0.25, 0.3) is 10.0 Å². The van der Waals surface area contributed by atoms with Crippen molar-refractivity contribution in [3.63, 3.8) is 0 Å². The van der Waals surface area contributed by atoms with Crippen molar-refractivity contribution in [1.29, 1.82) is 0 Å². The monoisotopic (exact) mass is 336 g/mol. The van der Waals surface area contributed by atoms with Crippen molar-refractivity contribution >= 4 is 26.6 Å². The highest BCUT2D eigenvalue weighted by atomic mass is 32.2. The maximum Gasteiger partial charge on any atom is 0.264 e. The van der Waals surface area contributed by atoms with Gasteiger partial charge < -0.3 is 4.98 Å². The number of aromatic nitrogens is 1. The molecule has 0 aliphatic heterocycles. The van der Waals surface area contributed by atoms with Crippen LogP contribution in [0.4, 0.5) is 14.5 Å². The minimum Gasteiger partial charge on any atom is -0.359 e. The van der Waals surface area contributed by atoms with Gasteiger partial charge in [-0.25, -0.2) is 17.2 Å². The Hall–Kier alpha value is -2.41. The fourth-order valence-electron chi connectivity index (χ4n) is 2.60. The van der Waals surface area contributed by atoms with E-state index in [9.17, 15) is 17.2 Å². The molecule has 0 saturated carbocycles. The molecule has 23 heavy (non-hydrogen) atoms. The maximum atomic E-state index is 13.8. The molecule has 2 aromatic carbocycles. The number of fused-ring (bicyclic) bond motifs is 1. The molecule has 1 aromatic heterocycles. The summed E-state index contributed by atoms with van der Waals surface area (Å²) < 4.78 is 53.8. The lowest BCUT2D eigenvalue weighted by molar-refractivity contribution is 0.551. The number of rotatable bonds is 3. The Morgan fingerprint density at radius 1 is 1.04 bits per heavy atom. The SMILES string of the molecule is Cc1ccc(NS(=O)(=O)c2ccc(F)cc2F)c2[nH]cc(C)c12. The van der Waals surface area contributed by atoms with Crippen LogP contribution < -0.4 is 4.72 Å². The predicted octanol–water partition coefficient (Wildman–Crippen LogP) is 3.86. The third-order valence-corrected chi connectivity index (χ3v) is 5.07. The molecule has 3 rings (SSSR count). The van der Waals surface area contributed by atoms with E-state index in [0.717, 1.165) is 28.6 Å². The Bertz CT molecular complexity index is 1010. The quantitative estimate of drug-likeness (QED) is 0.763. The fraction of sp³-hybridized carbons (Fsp3) is 0.125. The van der Waals surface area contributed by atoms with Crippen molar-refractivity contribution in [2.75, 3.05) is 4.72 Å². The van der Waals surface area contributed by atoms with E-state index < -0.39 is 26.6 Å². The Kier molecular flexibility index (Phi) is 3.60. The van der Waals surface area contributed by atoms with Crippen LogP contribution in [0.25, 0.3) is 10.9 Å².